The molecule has 2 aromatic carbocycles. The fourth-order valence-electron chi connectivity index (χ4n) is 2.98. The lowest BCUT2D eigenvalue weighted by atomic mass is 10.2. The molecule has 0 saturated heterocycles. The third-order valence-electron chi connectivity index (χ3n) is 4.96. The predicted molar refractivity (Wildman–Crippen MR) is 114 cm³/mol. The normalized spacial score (nSPS) is 14.4. The number of nitrogens with zero attached hydrogens (tertiary/aromatic N) is 3. The van der Waals surface area contributed by atoms with E-state index in [1.165, 1.54) is 40.7 Å². The lowest BCUT2D eigenvalue weighted by Crippen LogP contribution is -2.29. The number of benzene rings is 2. The first-order chi connectivity index (χ1) is 15.2. The zero-order valence-corrected chi connectivity index (χ0v) is 18.6. The minimum atomic E-state index is -3.68. The number of aromatic nitrogens is 2. The molecule has 1 N–H and O–H groups in total. The van der Waals surface area contributed by atoms with Gasteiger partial charge in [0.05, 0.1) is 9.79 Å². The van der Waals surface area contributed by atoms with Crippen molar-refractivity contribution in [2.75, 3.05) is 12.4 Å². The SMILES string of the molecule is CN(C1CC1)S(=O)(=O)c1ccc(C(=O)Nc2nnc(CS(=O)(=O)c3ccccc3)o2)cc1. The second-order valence-electron chi connectivity index (χ2n) is 7.30. The summed E-state index contributed by atoms with van der Waals surface area (Å²) in [5.41, 5.74) is 0.176. The van der Waals surface area contributed by atoms with Crippen LogP contribution in [0.15, 0.2) is 68.8 Å². The molecule has 0 aliphatic heterocycles. The van der Waals surface area contributed by atoms with Crippen molar-refractivity contribution in [2.45, 2.75) is 34.4 Å². The molecule has 0 unspecified atom stereocenters. The van der Waals surface area contributed by atoms with Crippen LogP contribution in [-0.4, -0.2) is 50.3 Å². The summed E-state index contributed by atoms with van der Waals surface area (Å²) in [7, 11) is -5.75. The summed E-state index contributed by atoms with van der Waals surface area (Å²) in [6.45, 7) is 0. The molecule has 1 aromatic heterocycles. The fraction of sp³-hybridized carbons (Fsp3) is 0.250. The van der Waals surface area contributed by atoms with Gasteiger partial charge in [0.25, 0.3) is 5.91 Å². The summed E-state index contributed by atoms with van der Waals surface area (Å²) >= 11 is 0. The molecule has 0 radical (unpaired) electrons. The topological polar surface area (TPSA) is 140 Å². The van der Waals surface area contributed by atoms with E-state index in [9.17, 15) is 21.6 Å². The van der Waals surface area contributed by atoms with Crippen molar-refractivity contribution in [3.8, 4) is 0 Å². The second kappa shape index (κ2) is 8.45. The standard InChI is InChI=1S/C20H20N4O6S2/c1-24(15-9-10-15)32(28,29)17-11-7-14(8-12-17)19(25)21-20-23-22-18(30-20)13-31(26,27)16-5-3-2-4-6-16/h2-8,11-12,15H,9-10,13H2,1H3,(H,21,23,25). The van der Waals surface area contributed by atoms with E-state index in [0.29, 0.717) is 0 Å². The minimum Gasteiger partial charge on any atom is -0.407 e. The lowest BCUT2D eigenvalue weighted by Gasteiger charge is -2.16. The van der Waals surface area contributed by atoms with E-state index < -0.39 is 31.5 Å². The Bertz CT molecular complexity index is 1330. The molecule has 10 nitrogen and oxygen atoms in total. The van der Waals surface area contributed by atoms with Crippen LogP contribution in [-0.2, 0) is 25.6 Å². The molecule has 0 spiro atoms. The minimum absolute atomic E-state index is 0.0282. The zero-order chi connectivity index (χ0) is 22.9. The molecule has 1 aliphatic rings. The highest BCUT2D eigenvalue weighted by Gasteiger charge is 2.35. The van der Waals surface area contributed by atoms with Crippen LogP contribution in [0.1, 0.15) is 29.1 Å². The van der Waals surface area contributed by atoms with Crippen molar-refractivity contribution < 1.29 is 26.0 Å². The molecule has 1 fully saturated rings. The molecule has 12 heteroatoms. The smallest absolute Gasteiger partial charge is 0.322 e. The van der Waals surface area contributed by atoms with Gasteiger partial charge in [0.1, 0.15) is 5.75 Å². The van der Waals surface area contributed by atoms with Gasteiger partial charge in [0, 0.05) is 18.7 Å². The quantitative estimate of drug-likeness (QED) is 0.521. The number of hydrogen-bond donors (Lipinski definition) is 1. The Labute approximate surface area is 185 Å². The molecular formula is C20H20N4O6S2. The lowest BCUT2D eigenvalue weighted by molar-refractivity contribution is 0.102. The van der Waals surface area contributed by atoms with Crippen molar-refractivity contribution in [1.29, 1.82) is 0 Å². The highest BCUT2D eigenvalue weighted by atomic mass is 32.2. The van der Waals surface area contributed by atoms with Crippen LogP contribution in [0.5, 0.6) is 0 Å². The molecule has 1 saturated carbocycles. The Kier molecular flexibility index (Phi) is 5.84. The van der Waals surface area contributed by atoms with Crippen molar-refractivity contribution in [2.24, 2.45) is 0 Å². The van der Waals surface area contributed by atoms with Crippen molar-refractivity contribution in [1.82, 2.24) is 14.5 Å². The first-order valence-electron chi connectivity index (χ1n) is 9.66. The van der Waals surface area contributed by atoms with E-state index in [-0.39, 0.29) is 33.3 Å². The number of hydrogen-bond acceptors (Lipinski definition) is 8. The maximum absolute atomic E-state index is 12.5. The number of carbonyl (C=O) groups is 1. The molecule has 3 aromatic rings. The molecule has 1 aliphatic carbocycles. The Morgan fingerprint density at radius 3 is 2.28 bits per heavy atom. The maximum Gasteiger partial charge on any atom is 0.322 e. The molecule has 168 valence electrons. The van der Waals surface area contributed by atoms with Gasteiger partial charge in [-0.1, -0.05) is 23.3 Å². The molecule has 32 heavy (non-hydrogen) atoms. The summed E-state index contributed by atoms with van der Waals surface area (Å²) in [6, 6.07) is 13.1. The van der Waals surface area contributed by atoms with Gasteiger partial charge in [0.15, 0.2) is 9.84 Å². The fourth-order valence-corrected chi connectivity index (χ4v) is 5.58. The third-order valence-corrected chi connectivity index (χ3v) is 8.50. The first kappa shape index (κ1) is 22.1. The molecule has 4 rings (SSSR count). The van der Waals surface area contributed by atoms with Crippen LogP contribution in [0.25, 0.3) is 0 Å². The number of sulfonamides is 1. The maximum atomic E-state index is 12.5. The molecule has 1 heterocycles. The average Bonchev–Trinajstić information content (AvgIpc) is 3.54. The summed E-state index contributed by atoms with van der Waals surface area (Å²) in [4.78, 5) is 12.6. The van der Waals surface area contributed by atoms with E-state index in [1.54, 1.807) is 25.2 Å². The van der Waals surface area contributed by atoms with E-state index in [4.69, 9.17) is 4.42 Å². The van der Waals surface area contributed by atoms with Crippen LogP contribution in [0.4, 0.5) is 6.01 Å². The Balaban J connectivity index is 1.42. The summed E-state index contributed by atoms with van der Waals surface area (Å²) < 4.78 is 56.5. The van der Waals surface area contributed by atoms with Crippen LogP contribution >= 0.6 is 0 Å². The van der Waals surface area contributed by atoms with Crippen LogP contribution < -0.4 is 5.32 Å². The van der Waals surface area contributed by atoms with E-state index in [2.05, 4.69) is 15.5 Å². The highest BCUT2D eigenvalue weighted by molar-refractivity contribution is 7.90. The van der Waals surface area contributed by atoms with Crippen LogP contribution in [0.3, 0.4) is 0 Å². The Morgan fingerprint density at radius 1 is 1.00 bits per heavy atom. The third kappa shape index (κ3) is 4.71. The Hall–Kier alpha value is -3.09. The largest absolute Gasteiger partial charge is 0.407 e. The van der Waals surface area contributed by atoms with Gasteiger partial charge < -0.3 is 4.42 Å². The second-order valence-corrected chi connectivity index (χ2v) is 11.3. The van der Waals surface area contributed by atoms with E-state index in [1.807, 2.05) is 0 Å². The van der Waals surface area contributed by atoms with Crippen LogP contribution in [0, 0.1) is 0 Å². The van der Waals surface area contributed by atoms with Gasteiger partial charge in [-0.3, -0.25) is 10.1 Å². The van der Waals surface area contributed by atoms with Gasteiger partial charge in [-0.05, 0) is 49.2 Å². The summed E-state index contributed by atoms with van der Waals surface area (Å²) in [5.74, 6) is -1.29. The van der Waals surface area contributed by atoms with Gasteiger partial charge in [-0.15, -0.1) is 5.10 Å². The number of nitrogens with one attached hydrogen (secondary N) is 1. The molecular weight excluding hydrogens is 456 g/mol. The Morgan fingerprint density at radius 2 is 1.66 bits per heavy atom. The van der Waals surface area contributed by atoms with Gasteiger partial charge in [0.2, 0.25) is 15.9 Å². The van der Waals surface area contributed by atoms with Crippen molar-refractivity contribution in [3.05, 3.63) is 66.1 Å². The zero-order valence-electron chi connectivity index (χ0n) is 17.0. The summed E-state index contributed by atoms with van der Waals surface area (Å²) in [5, 5.41) is 9.70. The summed E-state index contributed by atoms with van der Waals surface area (Å²) in [6.07, 6.45) is 1.68. The molecule has 0 atom stereocenters. The van der Waals surface area contributed by atoms with E-state index in [0.717, 1.165) is 12.8 Å². The van der Waals surface area contributed by atoms with Crippen molar-refractivity contribution >= 4 is 31.8 Å². The molecule has 1 amide bonds. The first-order valence-corrected chi connectivity index (χ1v) is 12.8. The van der Waals surface area contributed by atoms with Gasteiger partial charge >= 0.3 is 6.01 Å². The monoisotopic (exact) mass is 476 g/mol. The average molecular weight is 477 g/mol. The number of sulfone groups is 1. The predicted octanol–water partition coefficient (Wildman–Crippen LogP) is 2.08. The number of rotatable bonds is 8. The van der Waals surface area contributed by atoms with Gasteiger partial charge in [-0.2, -0.15) is 4.31 Å². The number of anilines is 1. The number of amides is 1. The van der Waals surface area contributed by atoms with Crippen molar-refractivity contribution in [3.63, 3.8) is 0 Å². The molecule has 0 bridgehead atoms. The number of carbonyl (C=O) groups excluding carboxylic acids is 1. The van der Waals surface area contributed by atoms with E-state index >= 15 is 0 Å². The van der Waals surface area contributed by atoms with Gasteiger partial charge in [-0.25, -0.2) is 16.8 Å². The van der Waals surface area contributed by atoms with Crippen LogP contribution in [0.2, 0.25) is 0 Å². The highest BCUT2D eigenvalue weighted by Crippen LogP contribution is 2.30.